The van der Waals surface area contributed by atoms with E-state index in [-0.39, 0.29) is 5.91 Å². The number of imidazole rings is 1. The van der Waals surface area contributed by atoms with Crippen LogP contribution in [0.4, 0.5) is 0 Å². The van der Waals surface area contributed by atoms with Crippen LogP contribution in [0.15, 0.2) is 67.3 Å². The fourth-order valence-electron chi connectivity index (χ4n) is 3.87. The lowest BCUT2D eigenvalue weighted by atomic mass is 10.1. The van der Waals surface area contributed by atoms with Crippen LogP contribution in [0, 0.1) is 0 Å². The molecule has 4 rings (SSSR count). The first-order valence-electron chi connectivity index (χ1n) is 10.4. The number of nitrogens with zero attached hydrogens (tertiary/aromatic N) is 3. The minimum Gasteiger partial charge on any atom is -0.348 e. The number of amides is 1. The van der Waals surface area contributed by atoms with Crippen molar-refractivity contribution in [2.45, 2.75) is 38.9 Å². The van der Waals surface area contributed by atoms with Gasteiger partial charge in [-0.2, -0.15) is 0 Å². The summed E-state index contributed by atoms with van der Waals surface area (Å²) >= 11 is 0. The Morgan fingerprint density at radius 3 is 2.45 bits per heavy atom. The lowest BCUT2D eigenvalue weighted by Gasteiger charge is -2.26. The second kappa shape index (κ2) is 9.52. The van der Waals surface area contributed by atoms with Crippen LogP contribution < -0.4 is 5.32 Å². The Hall–Kier alpha value is -2.92. The van der Waals surface area contributed by atoms with Crippen LogP contribution in [0.1, 0.15) is 46.3 Å². The molecule has 1 aliphatic heterocycles. The zero-order chi connectivity index (χ0) is 19.9. The van der Waals surface area contributed by atoms with Gasteiger partial charge >= 0.3 is 0 Å². The van der Waals surface area contributed by atoms with E-state index in [1.165, 1.54) is 37.9 Å². The molecule has 1 N–H and O–H groups in total. The fourth-order valence-corrected chi connectivity index (χ4v) is 3.87. The number of likely N-dealkylation sites (tertiary alicyclic amines) is 1. The summed E-state index contributed by atoms with van der Waals surface area (Å²) in [5.74, 6) is -0.0434. The summed E-state index contributed by atoms with van der Waals surface area (Å²) in [5, 5.41) is 3.06. The summed E-state index contributed by atoms with van der Waals surface area (Å²) in [6.45, 7) is 4.60. The third-order valence-corrected chi connectivity index (χ3v) is 5.51. The lowest BCUT2D eigenvalue weighted by Crippen LogP contribution is -2.29. The summed E-state index contributed by atoms with van der Waals surface area (Å²) in [6, 6.07) is 16.3. The van der Waals surface area contributed by atoms with Gasteiger partial charge in [0.05, 0.1) is 6.33 Å². The van der Waals surface area contributed by atoms with E-state index < -0.39 is 0 Å². The number of rotatable bonds is 7. The van der Waals surface area contributed by atoms with Crippen molar-refractivity contribution in [1.29, 1.82) is 0 Å². The van der Waals surface area contributed by atoms with E-state index in [0.717, 1.165) is 17.7 Å². The molecule has 1 saturated heterocycles. The Kier molecular flexibility index (Phi) is 6.37. The molecular weight excluding hydrogens is 360 g/mol. The molecule has 1 amide bonds. The normalized spacial score (nSPS) is 14.6. The van der Waals surface area contributed by atoms with Crippen LogP contribution in [0.25, 0.3) is 0 Å². The van der Waals surface area contributed by atoms with Crippen LogP contribution in [-0.2, 0) is 19.6 Å². The van der Waals surface area contributed by atoms with Gasteiger partial charge in [-0.3, -0.25) is 9.69 Å². The van der Waals surface area contributed by atoms with E-state index in [4.69, 9.17) is 0 Å². The van der Waals surface area contributed by atoms with Gasteiger partial charge < -0.3 is 9.88 Å². The van der Waals surface area contributed by atoms with E-state index in [1.807, 2.05) is 35.0 Å². The molecule has 5 heteroatoms. The Bertz CT molecular complexity index is 912. The number of hydrogen-bond acceptors (Lipinski definition) is 3. The SMILES string of the molecule is O=C(NCc1ccc(CN2CCCCC2)cc1)c1ccccc1Cn1ccnc1. The van der Waals surface area contributed by atoms with Crippen LogP contribution in [0.2, 0.25) is 0 Å². The van der Waals surface area contributed by atoms with E-state index in [2.05, 4.69) is 39.5 Å². The quantitative estimate of drug-likeness (QED) is 0.669. The molecular formula is C24H28N4O. The van der Waals surface area contributed by atoms with E-state index in [0.29, 0.717) is 18.7 Å². The highest BCUT2D eigenvalue weighted by Crippen LogP contribution is 2.14. The van der Waals surface area contributed by atoms with Crippen LogP contribution >= 0.6 is 0 Å². The molecule has 2 aromatic carbocycles. The lowest BCUT2D eigenvalue weighted by molar-refractivity contribution is 0.0950. The highest BCUT2D eigenvalue weighted by Gasteiger charge is 2.12. The van der Waals surface area contributed by atoms with Gasteiger partial charge in [-0.25, -0.2) is 4.98 Å². The van der Waals surface area contributed by atoms with E-state index in [1.54, 1.807) is 12.5 Å². The highest BCUT2D eigenvalue weighted by atomic mass is 16.1. The zero-order valence-corrected chi connectivity index (χ0v) is 16.8. The Morgan fingerprint density at radius 1 is 0.931 bits per heavy atom. The van der Waals surface area contributed by atoms with E-state index >= 15 is 0 Å². The molecule has 5 nitrogen and oxygen atoms in total. The Morgan fingerprint density at radius 2 is 1.69 bits per heavy atom. The molecule has 29 heavy (non-hydrogen) atoms. The molecule has 0 spiro atoms. The van der Waals surface area contributed by atoms with Gasteiger partial charge in [-0.05, 0) is 48.7 Å². The van der Waals surface area contributed by atoms with Crippen molar-refractivity contribution in [1.82, 2.24) is 19.8 Å². The summed E-state index contributed by atoms with van der Waals surface area (Å²) < 4.78 is 1.97. The number of hydrogen-bond donors (Lipinski definition) is 1. The standard InChI is InChI=1S/C24H28N4O/c29-24(23-7-3-2-6-22(23)18-28-15-12-25-19-28)26-16-20-8-10-21(11-9-20)17-27-13-4-1-5-14-27/h2-3,6-12,15,19H,1,4-5,13-14,16-18H2,(H,26,29). The predicted octanol–water partition coefficient (Wildman–Crippen LogP) is 3.85. The van der Waals surface area contributed by atoms with Crippen molar-refractivity contribution in [2.75, 3.05) is 13.1 Å². The van der Waals surface area contributed by atoms with Gasteiger partial charge in [-0.1, -0.05) is 48.9 Å². The second-order valence-electron chi connectivity index (χ2n) is 7.73. The average Bonchev–Trinajstić information content (AvgIpc) is 3.27. The minimum atomic E-state index is -0.0434. The first-order chi connectivity index (χ1) is 14.3. The number of nitrogens with one attached hydrogen (secondary N) is 1. The second-order valence-corrected chi connectivity index (χ2v) is 7.73. The van der Waals surface area contributed by atoms with Gasteiger partial charge in [0.1, 0.15) is 0 Å². The number of carbonyl (C=O) groups is 1. The van der Waals surface area contributed by atoms with Crippen LogP contribution in [-0.4, -0.2) is 33.4 Å². The summed E-state index contributed by atoms with van der Waals surface area (Å²) in [4.78, 5) is 19.4. The molecule has 3 aromatic rings. The molecule has 1 fully saturated rings. The third-order valence-electron chi connectivity index (χ3n) is 5.51. The maximum atomic E-state index is 12.8. The number of aromatic nitrogens is 2. The summed E-state index contributed by atoms with van der Waals surface area (Å²) in [5.41, 5.74) is 4.16. The van der Waals surface area contributed by atoms with Crippen molar-refractivity contribution in [3.05, 3.63) is 89.5 Å². The molecule has 1 aromatic heterocycles. The third kappa shape index (κ3) is 5.33. The highest BCUT2D eigenvalue weighted by molar-refractivity contribution is 5.95. The van der Waals surface area contributed by atoms with Crippen molar-refractivity contribution in [2.24, 2.45) is 0 Å². The van der Waals surface area contributed by atoms with Gasteiger partial charge in [-0.15, -0.1) is 0 Å². The van der Waals surface area contributed by atoms with Gasteiger partial charge in [0.2, 0.25) is 0 Å². The summed E-state index contributed by atoms with van der Waals surface area (Å²) in [6.07, 6.45) is 9.40. The molecule has 0 atom stereocenters. The Labute approximate surface area is 172 Å². The van der Waals surface area contributed by atoms with Crippen molar-refractivity contribution in [3.8, 4) is 0 Å². The van der Waals surface area contributed by atoms with Gasteiger partial charge in [0, 0.05) is 37.6 Å². The maximum absolute atomic E-state index is 12.8. The van der Waals surface area contributed by atoms with Crippen LogP contribution in [0.5, 0.6) is 0 Å². The number of piperidine rings is 1. The zero-order valence-electron chi connectivity index (χ0n) is 16.8. The summed E-state index contributed by atoms with van der Waals surface area (Å²) in [7, 11) is 0. The van der Waals surface area contributed by atoms with Crippen LogP contribution in [0.3, 0.4) is 0 Å². The largest absolute Gasteiger partial charge is 0.348 e. The molecule has 150 valence electrons. The molecule has 1 aliphatic rings. The van der Waals surface area contributed by atoms with Crippen molar-refractivity contribution in [3.63, 3.8) is 0 Å². The fraction of sp³-hybridized carbons (Fsp3) is 0.333. The molecule has 0 unspecified atom stereocenters. The number of carbonyl (C=O) groups excluding carboxylic acids is 1. The average molecular weight is 389 g/mol. The van der Waals surface area contributed by atoms with Crippen molar-refractivity contribution >= 4 is 5.91 Å². The molecule has 2 heterocycles. The maximum Gasteiger partial charge on any atom is 0.251 e. The van der Waals surface area contributed by atoms with Crippen molar-refractivity contribution < 1.29 is 4.79 Å². The van der Waals surface area contributed by atoms with Gasteiger partial charge in [0.15, 0.2) is 0 Å². The molecule has 0 saturated carbocycles. The minimum absolute atomic E-state index is 0.0434. The number of benzene rings is 2. The molecule has 0 bridgehead atoms. The molecule has 0 aliphatic carbocycles. The molecule has 0 radical (unpaired) electrons. The monoisotopic (exact) mass is 388 g/mol. The predicted molar refractivity (Wildman–Crippen MR) is 115 cm³/mol. The first kappa shape index (κ1) is 19.4. The first-order valence-corrected chi connectivity index (χ1v) is 10.4. The van der Waals surface area contributed by atoms with Gasteiger partial charge in [0.25, 0.3) is 5.91 Å². The van der Waals surface area contributed by atoms with E-state index in [9.17, 15) is 4.79 Å². The topological polar surface area (TPSA) is 50.2 Å². The Balaban J connectivity index is 1.34. The smallest absolute Gasteiger partial charge is 0.251 e.